The van der Waals surface area contributed by atoms with E-state index in [9.17, 15) is 14.4 Å². The Morgan fingerprint density at radius 1 is 0.257 bits per heavy atom. The first-order chi connectivity index (χ1) is 36.5. The third kappa shape index (κ3) is 60.8. The Morgan fingerprint density at radius 2 is 0.446 bits per heavy atom. The van der Waals surface area contributed by atoms with Gasteiger partial charge in [0.25, 0.3) is 0 Å². The summed E-state index contributed by atoms with van der Waals surface area (Å²) in [6, 6.07) is 0. The van der Waals surface area contributed by atoms with Crippen molar-refractivity contribution in [2.45, 2.75) is 380 Å². The Morgan fingerprint density at radius 3 is 0.676 bits per heavy atom. The number of carbonyl (C=O) groups excluding carboxylic acids is 3. The molecule has 0 amide bonds. The summed E-state index contributed by atoms with van der Waals surface area (Å²) in [6.45, 7) is 6.67. The molecule has 436 valence electrons. The van der Waals surface area contributed by atoms with Crippen molar-refractivity contribution >= 4 is 17.9 Å². The molecule has 0 spiro atoms. The molecule has 0 aromatic heterocycles. The Bertz CT molecular complexity index is 1190. The molecule has 1 unspecified atom stereocenters. The van der Waals surface area contributed by atoms with Crippen LogP contribution in [0.3, 0.4) is 0 Å². The maximum atomic E-state index is 12.9. The van der Waals surface area contributed by atoms with Gasteiger partial charge in [-0.15, -0.1) is 0 Å². The minimum atomic E-state index is -0.770. The quantitative estimate of drug-likeness (QED) is 0.0261. The number of esters is 3. The van der Waals surface area contributed by atoms with Gasteiger partial charge in [0.15, 0.2) is 6.10 Å². The molecule has 0 N–H and O–H groups in total. The maximum absolute atomic E-state index is 12.9. The number of allylic oxidation sites excluding steroid dienone is 4. The van der Waals surface area contributed by atoms with Gasteiger partial charge in [-0.1, -0.05) is 308 Å². The first-order valence-electron chi connectivity index (χ1n) is 33.3. The van der Waals surface area contributed by atoms with Crippen molar-refractivity contribution < 1.29 is 28.6 Å². The van der Waals surface area contributed by atoms with Crippen LogP contribution in [0.1, 0.15) is 374 Å². The van der Waals surface area contributed by atoms with E-state index >= 15 is 0 Å². The lowest BCUT2D eigenvalue weighted by Gasteiger charge is -2.18. The molecule has 0 aromatic carbocycles. The molecule has 0 radical (unpaired) electrons. The summed E-state index contributed by atoms with van der Waals surface area (Å²) in [5.74, 6) is -0.854. The summed E-state index contributed by atoms with van der Waals surface area (Å²) in [5.41, 5.74) is 0. The van der Waals surface area contributed by atoms with Crippen LogP contribution in [0.5, 0.6) is 0 Å². The summed E-state index contributed by atoms with van der Waals surface area (Å²) in [4.78, 5) is 38.2. The molecule has 6 heteroatoms. The van der Waals surface area contributed by atoms with Crippen LogP contribution in [-0.4, -0.2) is 37.2 Å². The smallest absolute Gasteiger partial charge is 0.306 e. The van der Waals surface area contributed by atoms with E-state index in [1.807, 2.05) is 0 Å². The zero-order valence-corrected chi connectivity index (χ0v) is 50.1. The predicted octanol–water partition coefficient (Wildman–Crippen LogP) is 22.6. The molecule has 0 bridgehead atoms. The zero-order chi connectivity index (χ0) is 53.6. The van der Waals surface area contributed by atoms with Crippen LogP contribution < -0.4 is 0 Å². The summed E-state index contributed by atoms with van der Waals surface area (Å²) >= 11 is 0. The molecule has 0 aliphatic rings. The van der Waals surface area contributed by atoms with Crippen LogP contribution in [0.4, 0.5) is 0 Å². The minimum Gasteiger partial charge on any atom is -0.462 e. The second-order valence-electron chi connectivity index (χ2n) is 22.7. The van der Waals surface area contributed by atoms with E-state index in [0.29, 0.717) is 19.3 Å². The van der Waals surface area contributed by atoms with Crippen LogP contribution in [0.25, 0.3) is 0 Å². The van der Waals surface area contributed by atoms with Gasteiger partial charge < -0.3 is 14.2 Å². The summed E-state index contributed by atoms with van der Waals surface area (Å²) in [7, 11) is 0. The Hall–Kier alpha value is -2.11. The lowest BCUT2D eigenvalue weighted by Crippen LogP contribution is -2.30. The van der Waals surface area contributed by atoms with Crippen molar-refractivity contribution in [1.82, 2.24) is 0 Å². The molecule has 74 heavy (non-hydrogen) atoms. The van der Waals surface area contributed by atoms with E-state index in [2.05, 4.69) is 45.1 Å². The molecule has 0 aliphatic carbocycles. The van der Waals surface area contributed by atoms with Crippen molar-refractivity contribution in [1.29, 1.82) is 0 Å². The van der Waals surface area contributed by atoms with Crippen molar-refractivity contribution in [2.24, 2.45) is 0 Å². The third-order valence-corrected chi connectivity index (χ3v) is 15.2. The van der Waals surface area contributed by atoms with Gasteiger partial charge in [-0.3, -0.25) is 14.4 Å². The van der Waals surface area contributed by atoms with Crippen molar-refractivity contribution in [3.05, 3.63) is 24.3 Å². The van der Waals surface area contributed by atoms with E-state index in [0.717, 1.165) is 64.2 Å². The summed E-state index contributed by atoms with van der Waals surface area (Å²) < 4.78 is 16.9. The van der Waals surface area contributed by atoms with Crippen LogP contribution in [-0.2, 0) is 28.6 Å². The van der Waals surface area contributed by atoms with Gasteiger partial charge >= 0.3 is 17.9 Å². The van der Waals surface area contributed by atoms with Crippen molar-refractivity contribution in [3.8, 4) is 0 Å². The average molecular weight is 1040 g/mol. The number of hydrogen-bond donors (Lipinski definition) is 0. The molecule has 0 heterocycles. The molecule has 0 saturated carbocycles. The van der Waals surface area contributed by atoms with Gasteiger partial charge in [-0.2, -0.15) is 0 Å². The fourth-order valence-electron chi connectivity index (χ4n) is 10.1. The van der Waals surface area contributed by atoms with Gasteiger partial charge in [-0.05, 0) is 70.6 Å². The van der Waals surface area contributed by atoms with Gasteiger partial charge in [0.2, 0.25) is 0 Å². The van der Waals surface area contributed by atoms with Gasteiger partial charge in [0, 0.05) is 19.3 Å². The summed E-state index contributed by atoms with van der Waals surface area (Å²) in [5, 5.41) is 0. The molecular formula is C68H128O6. The molecule has 1 atom stereocenters. The molecule has 0 saturated heterocycles. The number of carbonyl (C=O) groups is 3. The molecule has 0 rings (SSSR count). The Labute approximate surface area is 462 Å². The fourth-order valence-corrected chi connectivity index (χ4v) is 10.1. The van der Waals surface area contributed by atoms with Crippen molar-refractivity contribution in [3.63, 3.8) is 0 Å². The highest BCUT2D eigenvalue weighted by Crippen LogP contribution is 2.18. The molecule has 0 aliphatic heterocycles. The van der Waals surface area contributed by atoms with Crippen LogP contribution in [0.15, 0.2) is 24.3 Å². The lowest BCUT2D eigenvalue weighted by atomic mass is 10.0. The number of unbranched alkanes of at least 4 members (excludes halogenated alkanes) is 47. The normalized spacial score (nSPS) is 12.1. The van der Waals surface area contributed by atoms with E-state index in [-0.39, 0.29) is 31.1 Å². The fraction of sp³-hybridized carbons (Fsp3) is 0.897. The topological polar surface area (TPSA) is 78.9 Å². The van der Waals surface area contributed by atoms with E-state index in [1.54, 1.807) is 0 Å². The van der Waals surface area contributed by atoms with E-state index in [4.69, 9.17) is 14.2 Å². The van der Waals surface area contributed by atoms with Gasteiger partial charge in [-0.25, -0.2) is 0 Å². The highest BCUT2D eigenvalue weighted by molar-refractivity contribution is 5.71. The molecule has 6 nitrogen and oxygen atoms in total. The first kappa shape index (κ1) is 71.9. The van der Waals surface area contributed by atoms with Crippen LogP contribution in [0.2, 0.25) is 0 Å². The van der Waals surface area contributed by atoms with Crippen LogP contribution >= 0.6 is 0 Å². The first-order valence-corrected chi connectivity index (χ1v) is 33.3. The average Bonchev–Trinajstić information content (AvgIpc) is 3.40. The third-order valence-electron chi connectivity index (χ3n) is 15.2. The van der Waals surface area contributed by atoms with E-state index in [1.165, 1.54) is 270 Å². The minimum absolute atomic E-state index is 0.0688. The monoisotopic (exact) mass is 1040 g/mol. The predicted molar refractivity (Wildman–Crippen MR) is 321 cm³/mol. The van der Waals surface area contributed by atoms with Gasteiger partial charge in [0.1, 0.15) is 13.2 Å². The maximum Gasteiger partial charge on any atom is 0.306 e. The molecular weight excluding hydrogens is 913 g/mol. The van der Waals surface area contributed by atoms with E-state index < -0.39 is 6.10 Å². The lowest BCUT2D eigenvalue weighted by molar-refractivity contribution is -0.167. The number of hydrogen-bond acceptors (Lipinski definition) is 6. The SMILES string of the molecule is CCCCCCC/C=C\CCCCCCCC(=O)OC(COC(=O)CCCCCCCCCCCCC)COC(=O)CCCCCCCCCCCCCCCCCCCCC/C=C\CCCCCCCCCC. The Kier molecular flexibility index (Phi) is 61.6. The zero-order valence-electron chi connectivity index (χ0n) is 50.1. The molecule has 0 aromatic rings. The van der Waals surface area contributed by atoms with Crippen LogP contribution in [0, 0.1) is 0 Å². The number of ether oxygens (including phenoxy) is 3. The highest BCUT2D eigenvalue weighted by Gasteiger charge is 2.19. The highest BCUT2D eigenvalue weighted by atomic mass is 16.6. The van der Waals surface area contributed by atoms with Gasteiger partial charge in [0.05, 0.1) is 0 Å². The number of rotatable bonds is 62. The van der Waals surface area contributed by atoms with Crippen molar-refractivity contribution in [2.75, 3.05) is 13.2 Å². The standard InChI is InChI=1S/C68H128O6/c1-4-7-10-13-16-19-22-24-26-27-28-29-30-31-32-33-34-35-36-37-38-39-40-41-42-44-46-49-52-55-58-61-67(70)73-64-65(63-72-66(69)60-57-54-51-48-45-21-18-15-12-9-6-3)74-68(71)62-59-56-53-50-47-43-25-23-20-17-14-11-8-5-2/h23,25,27-28,65H,4-22,24,26,29-64H2,1-3H3/b25-23-,28-27-. The molecule has 0 fully saturated rings. The second-order valence-corrected chi connectivity index (χ2v) is 22.7. The summed E-state index contributed by atoms with van der Waals surface area (Å²) in [6.07, 6.45) is 76.4. The second kappa shape index (κ2) is 63.4. The largest absolute Gasteiger partial charge is 0.462 e. The Balaban J connectivity index is 4.06.